The molecule has 35 heavy (non-hydrogen) atoms. The fourth-order valence-electron chi connectivity index (χ4n) is 4.16. The van der Waals surface area contributed by atoms with Gasteiger partial charge in [-0.15, -0.1) is 0 Å². The third kappa shape index (κ3) is 5.01. The Morgan fingerprint density at radius 1 is 1.11 bits per heavy atom. The Kier molecular flexibility index (Phi) is 7.11. The SMILES string of the molecule is C=CCOc1ccc(C(O)=C2C(=O)C(=O)N(Cc3cccnc3)[C@H]2c2ccc(C(C)C)cc2)cc1. The van der Waals surface area contributed by atoms with Gasteiger partial charge in [0.2, 0.25) is 0 Å². The summed E-state index contributed by atoms with van der Waals surface area (Å²) >= 11 is 0. The first kappa shape index (κ1) is 24.0. The van der Waals surface area contributed by atoms with Gasteiger partial charge >= 0.3 is 0 Å². The van der Waals surface area contributed by atoms with Crippen molar-refractivity contribution in [3.8, 4) is 5.75 Å². The van der Waals surface area contributed by atoms with E-state index in [9.17, 15) is 14.7 Å². The van der Waals surface area contributed by atoms with Crippen molar-refractivity contribution in [2.75, 3.05) is 6.61 Å². The van der Waals surface area contributed by atoms with Crippen LogP contribution in [-0.4, -0.2) is 33.3 Å². The van der Waals surface area contributed by atoms with Crippen LogP contribution >= 0.6 is 0 Å². The second-order valence-electron chi connectivity index (χ2n) is 8.73. The highest BCUT2D eigenvalue weighted by atomic mass is 16.5. The Morgan fingerprint density at radius 3 is 2.43 bits per heavy atom. The molecule has 178 valence electrons. The molecular formula is C29H28N2O4. The number of ether oxygens (including phenoxy) is 1. The fourth-order valence-corrected chi connectivity index (χ4v) is 4.16. The van der Waals surface area contributed by atoms with E-state index in [2.05, 4.69) is 25.4 Å². The second-order valence-corrected chi connectivity index (χ2v) is 8.73. The number of pyridine rings is 1. The largest absolute Gasteiger partial charge is 0.507 e. The summed E-state index contributed by atoms with van der Waals surface area (Å²) < 4.78 is 5.51. The van der Waals surface area contributed by atoms with Crippen molar-refractivity contribution >= 4 is 17.4 Å². The number of nitrogens with zero attached hydrogens (tertiary/aromatic N) is 2. The molecule has 0 unspecified atom stereocenters. The van der Waals surface area contributed by atoms with Crippen LogP contribution in [0, 0.1) is 0 Å². The van der Waals surface area contributed by atoms with Crippen LogP contribution < -0.4 is 4.74 Å². The minimum atomic E-state index is -0.729. The molecule has 2 heterocycles. The number of likely N-dealkylation sites (tertiary alicyclic amines) is 1. The minimum absolute atomic E-state index is 0.0657. The van der Waals surface area contributed by atoms with Crippen molar-refractivity contribution in [2.45, 2.75) is 32.4 Å². The lowest BCUT2D eigenvalue weighted by Crippen LogP contribution is -2.29. The fraction of sp³-hybridized carbons (Fsp3) is 0.207. The molecule has 1 saturated heterocycles. The van der Waals surface area contributed by atoms with Crippen LogP contribution in [0.3, 0.4) is 0 Å². The topological polar surface area (TPSA) is 79.7 Å². The number of ketones is 1. The summed E-state index contributed by atoms with van der Waals surface area (Å²) in [7, 11) is 0. The number of hydrogen-bond acceptors (Lipinski definition) is 5. The van der Waals surface area contributed by atoms with Gasteiger partial charge < -0.3 is 14.7 Å². The Balaban J connectivity index is 1.79. The predicted octanol–water partition coefficient (Wildman–Crippen LogP) is 5.39. The van der Waals surface area contributed by atoms with Gasteiger partial charge in [-0.3, -0.25) is 14.6 Å². The van der Waals surface area contributed by atoms with Crippen molar-refractivity contribution in [2.24, 2.45) is 0 Å². The highest BCUT2D eigenvalue weighted by Crippen LogP contribution is 2.40. The van der Waals surface area contributed by atoms with Gasteiger partial charge in [0, 0.05) is 24.5 Å². The van der Waals surface area contributed by atoms with Crippen molar-refractivity contribution < 1.29 is 19.4 Å². The maximum Gasteiger partial charge on any atom is 0.295 e. The van der Waals surface area contributed by atoms with Crippen LogP contribution in [0.15, 0.2) is 91.3 Å². The van der Waals surface area contributed by atoms with E-state index in [-0.39, 0.29) is 17.9 Å². The number of aromatic nitrogens is 1. The van der Waals surface area contributed by atoms with Gasteiger partial charge in [-0.05, 0) is 52.9 Å². The third-order valence-electron chi connectivity index (χ3n) is 6.03. The van der Waals surface area contributed by atoms with Gasteiger partial charge in [0.25, 0.3) is 11.7 Å². The molecule has 6 nitrogen and oxygen atoms in total. The Morgan fingerprint density at radius 2 is 1.83 bits per heavy atom. The molecule has 2 aromatic carbocycles. The number of carbonyl (C=O) groups is 2. The minimum Gasteiger partial charge on any atom is -0.507 e. The first-order valence-corrected chi connectivity index (χ1v) is 11.5. The van der Waals surface area contributed by atoms with E-state index in [1.807, 2.05) is 30.3 Å². The molecular weight excluding hydrogens is 440 g/mol. The Hall–Kier alpha value is -4.19. The molecule has 0 saturated carbocycles. The molecule has 1 amide bonds. The zero-order chi connectivity index (χ0) is 24.9. The molecule has 0 aliphatic carbocycles. The van der Waals surface area contributed by atoms with Gasteiger partial charge in [-0.2, -0.15) is 0 Å². The zero-order valence-corrected chi connectivity index (χ0v) is 19.8. The molecule has 1 aromatic heterocycles. The van der Waals surface area contributed by atoms with Crippen molar-refractivity contribution in [1.82, 2.24) is 9.88 Å². The van der Waals surface area contributed by atoms with E-state index in [0.29, 0.717) is 23.8 Å². The molecule has 1 aliphatic heterocycles. The summed E-state index contributed by atoms with van der Waals surface area (Å²) in [4.78, 5) is 32.0. The molecule has 0 radical (unpaired) electrons. The normalized spacial score (nSPS) is 17.1. The second kappa shape index (κ2) is 10.4. The Labute approximate surface area is 205 Å². The number of benzene rings is 2. The first-order valence-electron chi connectivity index (χ1n) is 11.5. The van der Waals surface area contributed by atoms with Gasteiger partial charge in [-0.1, -0.05) is 56.8 Å². The van der Waals surface area contributed by atoms with Crippen LogP contribution in [-0.2, 0) is 16.1 Å². The predicted molar refractivity (Wildman–Crippen MR) is 135 cm³/mol. The third-order valence-corrected chi connectivity index (χ3v) is 6.03. The zero-order valence-electron chi connectivity index (χ0n) is 19.8. The number of carbonyl (C=O) groups excluding carboxylic acids is 2. The molecule has 6 heteroatoms. The summed E-state index contributed by atoms with van der Waals surface area (Å²) in [5.41, 5.74) is 3.19. The molecule has 3 aromatic rings. The summed E-state index contributed by atoms with van der Waals surface area (Å²) in [6.07, 6.45) is 4.96. The van der Waals surface area contributed by atoms with Crippen molar-refractivity contribution in [3.05, 3.63) is 114 Å². The number of hydrogen-bond donors (Lipinski definition) is 1. The quantitative estimate of drug-likeness (QED) is 0.207. The van der Waals surface area contributed by atoms with E-state index < -0.39 is 17.7 Å². The lowest BCUT2D eigenvalue weighted by atomic mass is 9.93. The average molecular weight is 469 g/mol. The summed E-state index contributed by atoms with van der Waals surface area (Å²) in [5, 5.41) is 11.2. The number of aliphatic hydroxyl groups excluding tert-OH is 1. The van der Waals surface area contributed by atoms with Crippen LogP contribution in [0.1, 0.15) is 48.1 Å². The van der Waals surface area contributed by atoms with E-state index in [1.54, 1.807) is 48.8 Å². The molecule has 0 spiro atoms. The highest BCUT2D eigenvalue weighted by Gasteiger charge is 2.46. The number of rotatable bonds is 8. The van der Waals surface area contributed by atoms with E-state index in [1.165, 1.54) is 4.90 Å². The van der Waals surface area contributed by atoms with Crippen LogP contribution in [0.25, 0.3) is 5.76 Å². The van der Waals surface area contributed by atoms with Gasteiger partial charge in [0.1, 0.15) is 18.1 Å². The van der Waals surface area contributed by atoms with Gasteiger partial charge in [-0.25, -0.2) is 0 Å². The molecule has 1 atom stereocenters. The summed E-state index contributed by atoms with van der Waals surface area (Å²) in [6.45, 7) is 8.39. The van der Waals surface area contributed by atoms with E-state index in [0.717, 1.165) is 16.7 Å². The molecule has 1 N–H and O–H groups in total. The monoisotopic (exact) mass is 468 g/mol. The summed E-state index contributed by atoms with van der Waals surface area (Å²) in [5.74, 6) is -0.632. The Bertz CT molecular complexity index is 1250. The molecule has 4 rings (SSSR count). The van der Waals surface area contributed by atoms with Crippen LogP contribution in [0.5, 0.6) is 5.75 Å². The first-order chi connectivity index (χ1) is 16.9. The van der Waals surface area contributed by atoms with Crippen LogP contribution in [0.4, 0.5) is 0 Å². The van der Waals surface area contributed by atoms with E-state index >= 15 is 0 Å². The number of amides is 1. The molecule has 0 bridgehead atoms. The van der Waals surface area contributed by atoms with Crippen LogP contribution in [0.2, 0.25) is 0 Å². The van der Waals surface area contributed by atoms with Crippen molar-refractivity contribution in [3.63, 3.8) is 0 Å². The number of aliphatic hydroxyl groups is 1. The average Bonchev–Trinajstić information content (AvgIpc) is 3.13. The molecule has 1 aliphatic rings. The van der Waals surface area contributed by atoms with E-state index in [4.69, 9.17) is 4.74 Å². The maximum absolute atomic E-state index is 13.2. The highest BCUT2D eigenvalue weighted by molar-refractivity contribution is 6.46. The van der Waals surface area contributed by atoms with Gasteiger partial charge in [0.05, 0.1) is 11.6 Å². The standard InChI is InChI=1S/C29H28N2O4/c1-4-16-35-24-13-11-23(12-14-24)27(32)25-26(22-9-7-21(8-10-22)19(2)3)31(29(34)28(25)33)18-20-6-5-15-30-17-20/h4-15,17,19,26,32H,1,16,18H2,2-3H3/t26-/m0/s1. The lowest BCUT2D eigenvalue weighted by Gasteiger charge is -2.25. The lowest BCUT2D eigenvalue weighted by molar-refractivity contribution is -0.140. The summed E-state index contributed by atoms with van der Waals surface area (Å²) in [6, 6.07) is 17.5. The molecule has 1 fully saturated rings. The van der Waals surface area contributed by atoms with Crippen molar-refractivity contribution in [1.29, 1.82) is 0 Å². The number of Topliss-reactive ketones (excluding diaryl/α,β-unsaturated/α-hetero) is 1. The maximum atomic E-state index is 13.2. The van der Waals surface area contributed by atoms with Gasteiger partial charge in [0.15, 0.2) is 0 Å². The smallest absolute Gasteiger partial charge is 0.295 e.